The van der Waals surface area contributed by atoms with Crippen molar-refractivity contribution >= 4 is 35.1 Å². The van der Waals surface area contributed by atoms with E-state index < -0.39 is 0 Å². The first-order chi connectivity index (χ1) is 14.7. The molecule has 0 saturated carbocycles. The summed E-state index contributed by atoms with van der Waals surface area (Å²) in [5.74, 6) is 0.815. The van der Waals surface area contributed by atoms with Crippen molar-refractivity contribution in [1.29, 1.82) is 0 Å². The number of amides is 1. The van der Waals surface area contributed by atoms with Crippen LogP contribution in [0, 0.1) is 0 Å². The van der Waals surface area contributed by atoms with Gasteiger partial charge in [-0.1, -0.05) is 30.0 Å². The number of rotatable bonds is 7. The van der Waals surface area contributed by atoms with E-state index in [0.717, 1.165) is 21.8 Å². The first-order valence-corrected chi connectivity index (χ1v) is 11.4. The lowest BCUT2D eigenvalue weighted by Gasteiger charge is -2.10. The van der Waals surface area contributed by atoms with Gasteiger partial charge in [0.2, 0.25) is 5.91 Å². The molecule has 0 aliphatic carbocycles. The topological polar surface area (TPSA) is 72.7 Å². The molecule has 0 fully saturated rings. The Hall–Kier alpha value is -3.10. The minimum Gasteiger partial charge on any atom is -0.325 e. The predicted molar refractivity (Wildman–Crippen MR) is 122 cm³/mol. The van der Waals surface area contributed by atoms with E-state index in [1.807, 2.05) is 77.6 Å². The van der Waals surface area contributed by atoms with Crippen LogP contribution in [0.5, 0.6) is 0 Å². The first-order valence-electron chi connectivity index (χ1n) is 9.22. The number of thioether (sulfide) groups is 2. The zero-order valence-corrected chi connectivity index (χ0v) is 17.9. The van der Waals surface area contributed by atoms with E-state index in [1.54, 1.807) is 24.2 Å². The molecule has 6 nitrogen and oxygen atoms in total. The number of aromatic nitrogens is 4. The minimum absolute atomic E-state index is 0.0950. The number of pyridine rings is 1. The summed E-state index contributed by atoms with van der Waals surface area (Å²) in [5.41, 5.74) is 2.56. The predicted octanol–water partition coefficient (Wildman–Crippen LogP) is 4.78. The van der Waals surface area contributed by atoms with E-state index in [-0.39, 0.29) is 11.7 Å². The second-order valence-electron chi connectivity index (χ2n) is 6.28. The lowest BCUT2D eigenvalue weighted by Crippen LogP contribution is -2.14. The molecule has 0 radical (unpaired) electrons. The number of carbonyl (C=O) groups is 1. The summed E-state index contributed by atoms with van der Waals surface area (Å²) in [5, 5.41) is 12.3. The highest BCUT2D eigenvalue weighted by Crippen LogP contribution is 2.27. The van der Waals surface area contributed by atoms with Gasteiger partial charge in [-0.05, 0) is 54.8 Å². The van der Waals surface area contributed by atoms with Crippen LogP contribution in [-0.2, 0) is 4.79 Å². The number of nitrogens with one attached hydrogen (secondary N) is 1. The molecule has 2 aromatic heterocycles. The lowest BCUT2D eigenvalue weighted by atomic mass is 10.2. The Balaban J connectivity index is 1.54. The Labute approximate surface area is 183 Å². The summed E-state index contributed by atoms with van der Waals surface area (Å²) >= 11 is 3.01. The van der Waals surface area contributed by atoms with Crippen LogP contribution < -0.4 is 5.32 Å². The van der Waals surface area contributed by atoms with E-state index in [1.165, 1.54) is 11.8 Å². The Morgan fingerprint density at radius 2 is 1.80 bits per heavy atom. The molecule has 2 aromatic carbocycles. The van der Waals surface area contributed by atoms with Crippen LogP contribution in [0.3, 0.4) is 0 Å². The number of para-hydroxylation sites is 1. The number of benzene rings is 2. The van der Waals surface area contributed by atoms with Gasteiger partial charge >= 0.3 is 0 Å². The van der Waals surface area contributed by atoms with Crippen LogP contribution in [0.4, 0.5) is 5.69 Å². The van der Waals surface area contributed by atoms with Crippen molar-refractivity contribution in [1.82, 2.24) is 19.7 Å². The van der Waals surface area contributed by atoms with Crippen LogP contribution in [-0.4, -0.2) is 37.7 Å². The van der Waals surface area contributed by atoms with E-state index in [2.05, 4.69) is 20.5 Å². The zero-order chi connectivity index (χ0) is 20.8. The zero-order valence-electron chi connectivity index (χ0n) is 16.2. The third-order valence-electron chi connectivity index (χ3n) is 4.27. The molecule has 1 N–H and O–H groups in total. The van der Waals surface area contributed by atoms with Gasteiger partial charge in [-0.15, -0.1) is 22.0 Å². The second-order valence-corrected chi connectivity index (χ2v) is 8.11. The normalized spacial score (nSPS) is 10.7. The van der Waals surface area contributed by atoms with Crippen molar-refractivity contribution in [2.75, 3.05) is 17.3 Å². The van der Waals surface area contributed by atoms with Crippen molar-refractivity contribution in [3.8, 4) is 17.1 Å². The van der Waals surface area contributed by atoms with Crippen LogP contribution >= 0.6 is 23.5 Å². The molecule has 4 rings (SSSR count). The third-order valence-corrected chi connectivity index (χ3v) is 5.95. The minimum atomic E-state index is -0.0950. The molecule has 8 heteroatoms. The van der Waals surface area contributed by atoms with Crippen LogP contribution in [0.1, 0.15) is 0 Å². The van der Waals surface area contributed by atoms with Gasteiger partial charge in [0.1, 0.15) is 0 Å². The Morgan fingerprint density at radius 1 is 1.00 bits per heavy atom. The van der Waals surface area contributed by atoms with E-state index in [0.29, 0.717) is 11.0 Å². The summed E-state index contributed by atoms with van der Waals surface area (Å²) in [7, 11) is 0. The molecule has 150 valence electrons. The van der Waals surface area contributed by atoms with E-state index in [4.69, 9.17) is 0 Å². The largest absolute Gasteiger partial charge is 0.325 e. The molecule has 1 amide bonds. The van der Waals surface area contributed by atoms with Crippen molar-refractivity contribution in [3.63, 3.8) is 0 Å². The Bertz CT molecular complexity index is 1120. The van der Waals surface area contributed by atoms with Crippen LogP contribution in [0.15, 0.2) is 89.2 Å². The fraction of sp³-hybridized carbons (Fsp3) is 0.0909. The van der Waals surface area contributed by atoms with Crippen LogP contribution in [0.25, 0.3) is 17.1 Å². The van der Waals surface area contributed by atoms with Crippen molar-refractivity contribution < 1.29 is 4.79 Å². The smallest absolute Gasteiger partial charge is 0.234 e. The quantitative estimate of drug-likeness (QED) is 0.423. The molecular weight excluding hydrogens is 414 g/mol. The number of anilines is 1. The summed E-state index contributed by atoms with van der Waals surface area (Å²) < 4.78 is 1.95. The highest BCUT2D eigenvalue weighted by molar-refractivity contribution is 7.99. The molecule has 0 aliphatic heterocycles. The molecule has 0 atom stereocenters. The van der Waals surface area contributed by atoms with Crippen molar-refractivity contribution in [2.24, 2.45) is 0 Å². The molecule has 0 unspecified atom stereocenters. The van der Waals surface area contributed by atoms with Gasteiger partial charge in [0.15, 0.2) is 11.0 Å². The van der Waals surface area contributed by atoms with Gasteiger partial charge in [-0.25, -0.2) is 0 Å². The standard InChI is InChI=1S/C22H19N5OS2/c1-29-19-11-9-17(10-12-19)24-20(28)15-30-22-26-25-21(16-6-5-13-23-14-16)27(22)18-7-3-2-4-8-18/h2-14H,15H2,1H3,(H,24,28). The molecule has 30 heavy (non-hydrogen) atoms. The van der Waals surface area contributed by atoms with Gasteiger partial charge in [-0.2, -0.15) is 0 Å². The van der Waals surface area contributed by atoms with Crippen molar-refractivity contribution in [2.45, 2.75) is 10.1 Å². The average molecular weight is 434 g/mol. The fourth-order valence-electron chi connectivity index (χ4n) is 2.86. The second kappa shape index (κ2) is 9.60. The summed E-state index contributed by atoms with van der Waals surface area (Å²) in [4.78, 5) is 17.8. The number of hydrogen-bond acceptors (Lipinski definition) is 6. The van der Waals surface area contributed by atoms with Gasteiger partial charge in [0, 0.05) is 34.2 Å². The van der Waals surface area contributed by atoms with Crippen LogP contribution in [0.2, 0.25) is 0 Å². The molecule has 0 aliphatic rings. The molecule has 0 bridgehead atoms. The summed E-state index contributed by atoms with van der Waals surface area (Å²) in [6.07, 6.45) is 5.49. The molecule has 4 aromatic rings. The van der Waals surface area contributed by atoms with Gasteiger partial charge < -0.3 is 5.32 Å². The monoisotopic (exact) mass is 433 g/mol. The maximum atomic E-state index is 12.5. The van der Waals surface area contributed by atoms with E-state index in [9.17, 15) is 4.79 Å². The highest BCUT2D eigenvalue weighted by atomic mass is 32.2. The summed E-state index contributed by atoms with van der Waals surface area (Å²) in [6, 6.07) is 21.4. The summed E-state index contributed by atoms with van der Waals surface area (Å²) in [6.45, 7) is 0. The SMILES string of the molecule is CSc1ccc(NC(=O)CSc2nnc(-c3cccnc3)n2-c2ccccc2)cc1. The fourth-order valence-corrected chi connectivity index (χ4v) is 4.02. The number of hydrogen-bond donors (Lipinski definition) is 1. The third kappa shape index (κ3) is 4.72. The molecule has 2 heterocycles. The lowest BCUT2D eigenvalue weighted by molar-refractivity contribution is -0.113. The molecule has 0 spiro atoms. The van der Waals surface area contributed by atoms with Gasteiger partial charge in [0.05, 0.1) is 5.75 Å². The van der Waals surface area contributed by atoms with Gasteiger partial charge in [-0.3, -0.25) is 14.3 Å². The molecule has 0 saturated heterocycles. The number of nitrogens with zero attached hydrogens (tertiary/aromatic N) is 4. The highest BCUT2D eigenvalue weighted by Gasteiger charge is 2.17. The van der Waals surface area contributed by atoms with Crippen molar-refractivity contribution in [3.05, 3.63) is 79.1 Å². The average Bonchev–Trinajstić information content (AvgIpc) is 3.23. The Morgan fingerprint density at radius 3 is 2.50 bits per heavy atom. The maximum Gasteiger partial charge on any atom is 0.234 e. The Kier molecular flexibility index (Phi) is 6.46. The van der Waals surface area contributed by atoms with E-state index >= 15 is 0 Å². The molecular formula is C22H19N5OS2. The van der Waals surface area contributed by atoms with Gasteiger partial charge in [0.25, 0.3) is 0 Å². The number of carbonyl (C=O) groups excluding carboxylic acids is 1. The maximum absolute atomic E-state index is 12.5. The first kappa shape index (κ1) is 20.2.